The average molecular weight is 340 g/mol. The van der Waals surface area contributed by atoms with Gasteiger partial charge in [0, 0.05) is 25.2 Å². The van der Waals surface area contributed by atoms with Gasteiger partial charge in [0.1, 0.15) is 0 Å². The van der Waals surface area contributed by atoms with Gasteiger partial charge in [-0.25, -0.2) is 13.1 Å². The molecule has 1 saturated heterocycles. The first-order valence-electron chi connectivity index (χ1n) is 7.87. The highest BCUT2D eigenvalue weighted by atomic mass is 32.2. The Balaban J connectivity index is 1.90. The molecule has 0 aromatic heterocycles. The molecule has 1 aromatic rings. The quantitative estimate of drug-likeness (QED) is 0.895. The lowest BCUT2D eigenvalue weighted by atomic mass is 9.85. The zero-order valence-corrected chi connectivity index (χ0v) is 14.6. The highest BCUT2D eigenvalue weighted by Gasteiger charge is 2.35. The van der Waals surface area contributed by atoms with Gasteiger partial charge in [-0.15, -0.1) is 0 Å². The number of fused-ring (bicyclic) bond motifs is 3. The SMILES string of the molecule is COc1cc2c(cc1OC)[C@@H]1C[C@H](NS(C)(=O)=O)CCN1CC2. The molecule has 2 aliphatic rings. The van der Waals surface area contributed by atoms with Gasteiger partial charge >= 0.3 is 0 Å². The summed E-state index contributed by atoms with van der Waals surface area (Å²) < 4.78 is 36.6. The number of nitrogens with zero attached hydrogens (tertiary/aromatic N) is 1. The molecule has 0 radical (unpaired) electrons. The normalized spacial score (nSPS) is 24.7. The molecule has 2 aliphatic heterocycles. The van der Waals surface area contributed by atoms with Gasteiger partial charge in [0.25, 0.3) is 0 Å². The Hall–Kier alpha value is -1.31. The smallest absolute Gasteiger partial charge is 0.208 e. The molecule has 0 unspecified atom stereocenters. The molecule has 0 aliphatic carbocycles. The lowest BCUT2D eigenvalue weighted by Gasteiger charge is -2.43. The van der Waals surface area contributed by atoms with Crippen molar-refractivity contribution < 1.29 is 17.9 Å². The maximum Gasteiger partial charge on any atom is 0.208 e. The molecule has 1 N–H and O–H groups in total. The molecule has 1 aromatic carbocycles. The Morgan fingerprint density at radius 1 is 1.17 bits per heavy atom. The monoisotopic (exact) mass is 340 g/mol. The van der Waals surface area contributed by atoms with E-state index < -0.39 is 10.0 Å². The molecule has 7 heteroatoms. The summed E-state index contributed by atoms with van der Waals surface area (Å²) in [6.45, 7) is 1.91. The number of methoxy groups -OCH3 is 2. The minimum atomic E-state index is -3.18. The molecule has 0 bridgehead atoms. The Labute approximate surface area is 137 Å². The van der Waals surface area contributed by atoms with Gasteiger partial charge in [0.15, 0.2) is 11.5 Å². The molecule has 2 heterocycles. The van der Waals surface area contributed by atoms with Crippen molar-refractivity contribution in [1.29, 1.82) is 0 Å². The van der Waals surface area contributed by atoms with Crippen LogP contribution in [0.5, 0.6) is 11.5 Å². The van der Waals surface area contributed by atoms with E-state index in [0.717, 1.165) is 43.9 Å². The Morgan fingerprint density at radius 2 is 1.87 bits per heavy atom. The standard InChI is InChI=1S/C16H24N2O4S/c1-21-15-8-11-4-6-18-7-5-12(17-23(3,19)20)9-14(18)13(11)10-16(15)22-2/h8,10,12,14,17H,4-7,9H2,1-3H3/t12-,14+/m1/s1. The topological polar surface area (TPSA) is 67.9 Å². The van der Waals surface area contributed by atoms with E-state index in [9.17, 15) is 8.42 Å². The largest absolute Gasteiger partial charge is 0.493 e. The minimum absolute atomic E-state index is 0.00898. The molecule has 0 spiro atoms. The van der Waals surface area contributed by atoms with Crippen molar-refractivity contribution in [3.05, 3.63) is 23.3 Å². The van der Waals surface area contributed by atoms with E-state index in [1.54, 1.807) is 14.2 Å². The first-order valence-corrected chi connectivity index (χ1v) is 9.76. The summed E-state index contributed by atoms with van der Waals surface area (Å²) in [6, 6.07) is 4.32. The van der Waals surface area contributed by atoms with Crippen LogP contribution in [0.1, 0.15) is 30.0 Å². The van der Waals surface area contributed by atoms with Gasteiger partial charge in [0.2, 0.25) is 10.0 Å². The summed E-state index contributed by atoms with van der Waals surface area (Å²) in [5.74, 6) is 1.48. The van der Waals surface area contributed by atoms with E-state index in [1.165, 1.54) is 17.4 Å². The average Bonchev–Trinajstić information content (AvgIpc) is 2.51. The highest BCUT2D eigenvalue weighted by Crippen LogP contribution is 2.41. The first kappa shape index (κ1) is 16.5. The molecular weight excluding hydrogens is 316 g/mol. The maximum atomic E-state index is 11.5. The fourth-order valence-electron chi connectivity index (χ4n) is 3.74. The van der Waals surface area contributed by atoms with E-state index in [1.807, 2.05) is 6.07 Å². The number of rotatable bonds is 4. The van der Waals surface area contributed by atoms with Gasteiger partial charge in [-0.2, -0.15) is 0 Å². The summed E-state index contributed by atoms with van der Waals surface area (Å²) in [6.07, 6.45) is 3.85. The fourth-order valence-corrected chi connectivity index (χ4v) is 4.56. The summed E-state index contributed by atoms with van der Waals surface area (Å²) in [7, 11) is 0.108. The van der Waals surface area contributed by atoms with Crippen LogP contribution in [0, 0.1) is 0 Å². The molecule has 2 atom stereocenters. The zero-order chi connectivity index (χ0) is 16.6. The van der Waals surface area contributed by atoms with Crippen molar-refractivity contribution in [3.8, 4) is 11.5 Å². The van der Waals surface area contributed by atoms with Crippen molar-refractivity contribution in [3.63, 3.8) is 0 Å². The lowest BCUT2D eigenvalue weighted by Crippen LogP contribution is -2.48. The van der Waals surface area contributed by atoms with Gasteiger partial charge < -0.3 is 9.47 Å². The first-order chi connectivity index (χ1) is 10.9. The van der Waals surface area contributed by atoms with Crippen molar-refractivity contribution in [2.24, 2.45) is 0 Å². The van der Waals surface area contributed by atoms with Crippen LogP contribution in [0.4, 0.5) is 0 Å². The maximum absolute atomic E-state index is 11.5. The lowest BCUT2D eigenvalue weighted by molar-refractivity contribution is 0.122. The predicted molar refractivity (Wildman–Crippen MR) is 88.6 cm³/mol. The summed E-state index contributed by atoms with van der Waals surface area (Å²) >= 11 is 0. The third-order valence-electron chi connectivity index (χ3n) is 4.77. The van der Waals surface area contributed by atoms with Crippen LogP contribution < -0.4 is 14.2 Å². The fraction of sp³-hybridized carbons (Fsp3) is 0.625. The van der Waals surface area contributed by atoms with E-state index in [4.69, 9.17) is 9.47 Å². The molecule has 3 rings (SSSR count). The number of hydrogen-bond acceptors (Lipinski definition) is 5. The van der Waals surface area contributed by atoms with Crippen LogP contribution in [0.2, 0.25) is 0 Å². The second-order valence-corrected chi connectivity index (χ2v) is 8.10. The van der Waals surface area contributed by atoms with Gasteiger partial charge in [0.05, 0.1) is 20.5 Å². The van der Waals surface area contributed by atoms with Gasteiger partial charge in [-0.3, -0.25) is 4.90 Å². The number of ether oxygens (including phenoxy) is 2. The van der Waals surface area contributed by atoms with Gasteiger partial charge in [-0.1, -0.05) is 0 Å². The van der Waals surface area contributed by atoms with Crippen LogP contribution in [0.25, 0.3) is 0 Å². The van der Waals surface area contributed by atoms with E-state index in [2.05, 4.69) is 15.7 Å². The van der Waals surface area contributed by atoms with Crippen LogP contribution >= 0.6 is 0 Å². The Bertz CT molecular complexity index is 690. The van der Waals surface area contributed by atoms with E-state index >= 15 is 0 Å². The number of benzene rings is 1. The van der Waals surface area contributed by atoms with Gasteiger partial charge in [-0.05, 0) is 42.5 Å². The van der Waals surface area contributed by atoms with E-state index in [0.29, 0.717) is 0 Å². The number of nitrogens with one attached hydrogen (secondary N) is 1. The summed E-state index contributed by atoms with van der Waals surface area (Å²) in [5.41, 5.74) is 2.50. The van der Waals surface area contributed by atoms with Crippen molar-refractivity contribution in [2.75, 3.05) is 33.6 Å². The van der Waals surface area contributed by atoms with Crippen molar-refractivity contribution in [2.45, 2.75) is 31.3 Å². The Kier molecular flexibility index (Phi) is 4.53. The van der Waals surface area contributed by atoms with Crippen LogP contribution in [-0.4, -0.2) is 52.9 Å². The number of sulfonamides is 1. The van der Waals surface area contributed by atoms with Crippen molar-refractivity contribution >= 4 is 10.0 Å². The second kappa shape index (κ2) is 6.30. The molecule has 128 valence electrons. The minimum Gasteiger partial charge on any atom is -0.493 e. The zero-order valence-electron chi connectivity index (χ0n) is 13.8. The van der Waals surface area contributed by atoms with Crippen LogP contribution in [0.3, 0.4) is 0 Å². The molecule has 1 fully saturated rings. The third-order valence-corrected chi connectivity index (χ3v) is 5.53. The number of piperidine rings is 1. The summed E-state index contributed by atoms with van der Waals surface area (Å²) in [5, 5.41) is 0. The second-order valence-electron chi connectivity index (χ2n) is 6.32. The molecule has 23 heavy (non-hydrogen) atoms. The molecular formula is C16H24N2O4S. The highest BCUT2D eigenvalue weighted by molar-refractivity contribution is 7.88. The third kappa shape index (κ3) is 3.46. The Morgan fingerprint density at radius 3 is 2.52 bits per heavy atom. The van der Waals surface area contributed by atoms with E-state index in [-0.39, 0.29) is 12.1 Å². The molecule has 0 amide bonds. The molecule has 6 nitrogen and oxygen atoms in total. The molecule has 0 saturated carbocycles. The number of hydrogen-bond donors (Lipinski definition) is 1. The summed E-state index contributed by atoms with van der Waals surface area (Å²) in [4.78, 5) is 2.44. The van der Waals surface area contributed by atoms with Crippen LogP contribution in [0.15, 0.2) is 12.1 Å². The predicted octanol–water partition coefficient (Wildman–Crippen LogP) is 1.31. The van der Waals surface area contributed by atoms with Crippen LogP contribution in [-0.2, 0) is 16.4 Å². The van der Waals surface area contributed by atoms with Crippen molar-refractivity contribution in [1.82, 2.24) is 9.62 Å².